The van der Waals surface area contributed by atoms with Gasteiger partial charge >= 0.3 is 6.09 Å². The third kappa shape index (κ3) is 9.88. The average molecular weight is 568 g/mol. The fourth-order valence-electron chi connectivity index (χ4n) is 4.70. The molecule has 0 aromatic heterocycles. The summed E-state index contributed by atoms with van der Waals surface area (Å²) in [6.45, 7) is 16.5. The van der Waals surface area contributed by atoms with Crippen LogP contribution in [0.5, 0.6) is 0 Å². The van der Waals surface area contributed by atoms with E-state index >= 15 is 0 Å². The molecule has 0 saturated heterocycles. The molecule has 8 heteroatoms. The number of rotatable bonds is 12. The molecule has 41 heavy (non-hydrogen) atoms. The number of amides is 3. The van der Waals surface area contributed by atoms with Crippen molar-refractivity contribution in [3.63, 3.8) is 0 Å². The molecule has 0 spiro atoms. The third-order valence-corrected chi connectivity index (χ3v) is 7.02. The van der Waals surface area contributed by atoms with Gasteiger partial charge in [-0.25, -0.2) is 4.79 Å². The van der Waals surface area contributed by atoms with E-state index in [1.165, 1.54) is 4.90 Å². The van der Waals surface area contributed by atoms with Gasteiger partial charge in [0.2, 0.25) is 5.91 Å². The number of hydrogen-bond donors (Lipinski definition) is 3. The lowest BCUT2D eigenvalue weighted by Crippen LogP contribution is -2.56. The van der Waals surface area contributed by atoms with Gasteiger partial charge in [-0.15, -0.1) is 0 Å². The Hall–Kier alpha value is -3.39. The molecule has 0 aliphatic carbocycles. The van der Waals surface area contributed by atoms with Crippen molar-refractivity contribution in [1.82, 2.24) is 10.2 Å². The number of anilines is 1. The van der Waals surface area contributed by atoms with E-state index in [9.17, 15) is 19.5 Å². The maximum absolute atomic E-state index is 14.2. The van der Waals surface area contributed by atoms with Crippen LogP contribution in [0.1, 0.15) is 89.6 Å². The molecule has 2 aromatic rings. The summed E-state index contributed by atoms with van der Waals surface area (Å²) in [4.78, 5) is 42.5. The monoisotopic (exact) mass is 567 g/mol. The second-order valence-corrected chi connectivity index (χ2v) is 12.2. The number of ether oxygens (including phenoxy) is 1. The van der Waals surface area contributed by atoms with Gasteiger partial charge in [0.15, 0.2) is 0 Å². The van der Waals surface area contributed by atoms with Crippen LogP contribution in [0.25, 0.3) is 0 Å². The number of nitrogens with zero attached hydrogens (tertiary/aromatic N) is 1. The Kier molecular flexibility index (Phi) is 12.4. The van der Waals surface area contributed by atoms with Crippen molar-refractivity contribution in [3.8, 4) is 0 Å². The van der Waals surface area contributed by atoms with Crippen LogP contribution in [-0.4, -0.2) is 52.2 Å². The lowest BCUT2D eigenvalue weighted by molar-refractivity contribution is -0.144. The van der Waals surface area contributed by atoms with Crippen LogP contribution in [0.3, 0.4) is 0 Å². The highest BCUT2D eigenvalue weighted by molar-refractivity contribution is 6.00. The highest BCUT2D eigenvalue weighted by atomic mass is 16.6. The molecule has 3 N–H and O–H groups in total. The van der Waals surface area contributed by atoms with E-state index in [1.54, 1.807) is 20.8 Å². The summed E-state index contributed by atoms with van der Waals surface area (Å²) in [6, 6.07) is 10.8. The van der Waals surface area contributed by atoms with Crippen molar-refractivity contribution in [3.05, 3.63) is 64.7 Å². The van der Waals surface area contributed by atoms with Gasteiger partial charge in [-0.05, 0) is 89.0 Å². The van der Waals surface area contributed by atoms with Crippen molar-refractivity contribution in [1.29, 1.82) is 0 Å². The average Bonchev–Trinajstić information content (AvgIpc) is 2.89. The smallest absolute Gasteiger partial charge is 0.408 e. The molecule has 226 valence electrons. The number of nitrogens with one attached hydrogen (secondary N) is 2. The standard InChI is InChI=1S/C33H49N3O5/c1-10-25-16-18-26(19-17-25)29(30(38)35-28-22(4)12-11-13-23(28)5)36(24(6)15-14-21(2)3)31(39)27(20-37)34-32(40)41-33(7,8)9/h11-13,16-19,21,24,27,29,37H,10,14-15,20H2,1-9H3,(H,34,40)(H,35,38). The highest BCUT2D eigenvalue weighted by Gasteiger charge is 2.39. The summed E-state index contributed by atoms with van der Waals surface area (Å²) in [7, 11) is 0. The number of para-hydroxylation sites is 1. The van der Waals surface area contributed by atoms with Crippen LogP contribution in [-0.2, 0) is 20.7 Å². The van der Waals surface area contributed by atoms with Gasteiger partial charge in [0, 0.05) is 11.7 Å². The van der Waals surface area contributed by atoms with Crippen LogP contribution < -0.4 is 10.6 Å². The molecule has 3 amide bonds. The molecular formula is C33H49N3O5. The van der Waals surface area contributed by atoms with Crippen molar-refractivity contribution >= 4 is 23.6 Å². The molecule has 0 fully saturated rings. The number of carbonyl (C=O) groups is 3. The van der Waals surface area contributed by atoms with Crippen LogP contribution in [0.2, 0.25) is 0 Å². The second kappa shape index (κ2) is 15.0. The number of aliphatic hydroxyl groups excluding tert-OH is 1. The lowest BCUT2D eigenvalue weighted by atomic mass is 9.96. The quantitative estimate of drug-likeness (QED) is 0.288. The number of alkyl carbamates (subject to hydrolysis) is 1. The number of aliphatic hydroxyl groups is 1. The van der Waals surface area contributed by atoms with E-state index in [2.05, 4.69) is 31.4 Å². The van der Waals surface area contributed by atoms with Crippen molar-refractivity contribution < 1.29 is 24.2 Å². The third-order valence-electron chi connectivity index (χ3n) is 7.02. The summed E-state index contributed by atoms with van der Waals surface area (Å²) in [6.07, 6.45) is 1.48. The Morgan fingerprint density at radius 2 is 1.54 bits per heavy atom. The SMILES string of the molecule is CCc1ccc(C(C(=O)Nc2c(C)cccc2C)N(C(=O)C(CO)NC(=O)OC(C)(C)C)C(C)CCC(C)C)cc1. The molecule has 2 aromatic carbocycles. The normalized spacial score (nSPS) is 13.7. The zero-order chi connectivity index (χ0) is 30.9. The van der Waals surface area contributed by atoms with Gasteiger partial charge in [0.1, 0.15) is 17.7 Å². The summed E-state index contributed by atoms with van der Waals surface area (Å²) < 4.78 is 5.35. The first-order valence-electron chi connectivity index (χ1n) is 14.6. The Morgan fingerprint density at radius 1 is 0.951 bits per heavy atom. The zero-order valence-corrected chi connectivity index (χ0v) is 26.2. The highest BCUT2D eigenvalue weighted by Crippen LogP contribution is 2.30. The van der Waals surface area contributed by atoms with E-state index < -0.39 is 36.3 Å². The first-order chi connectivity index (χ1) is 19.2. The molecule has 0 heterocycles. The molecule has 8 nitrogen and oxygen atoms in total. The van der Waals surface area contributed by atoms with E-state index in [-0.39, 0.29) is 11.9 Å². The van der Waals surface area contributed by atoms with E-state index in [0.29, 0.717) is 23.6 Å². The minimum absolute atomic E-state index is 0.370. The van der Waals surface area contributed by atoms with Gasteiger partial charge in [-0.2, -0.15) is 0 Å². The van der Waals surface area contributed by atoms with Crippen molar-refractivity contribution in [2.45, 2.75) is 105 Å². The summed E-state index contributed by atoms with van der Waals surface area (Å²) in [5.74, 6) is -0.546. The van der Waals surface area contributed by atoms with Gasteiger partial charge in [-0.3, -0.25) is 9.59 Å². The van der Waals surface area contributed by atoms with E-state index in [4.69, 9.17) is 4.74 Å². The second-order valence-electron chi connectivity index (χ2n) is 12.2. The predicted molar refractivity (Wildman–Crippen MR) is 164 cm³/mol. The first kappa shape index (κ1) is 33.8. The minimum Gasteiger partial charge on any atom is -0.444 e. The first-order valence-corrected chi connectivity index (χ1v) is 14.6. The Morgan fingerprint density at radius 3 is 2.02 bits per heavy atom. The fourth-order valence-corrected chi connectivity index (χ4v) is 4.70. The number of hydrogen-bond acceptors (Lipinski definition) is 5. The van der Waals surface area contributed by atoms with Crippen molar-refractivity contribution in [2.75, 3.05) is 11.9 Å². The molecule has 3 atom stereocenters. The fraction of sp³-hybridized carbons (Fsp3) is 0.545. The maximum atomic E-state index is 14.2. The van der Waals surface area contributed by atoms with Crippen LogP contribution in [0.15, 0.2) is 42.5 Å². The number of carbonyl (C=O) groups excluding carboxylic acids is 3. The van der Waals surface area contributed by atoms with Gasteiger partial charge < -0.3 is 25.4 Å². The maximum Gasteiger partial charge on any atom is 0.408 e. The minimum atomic E-state index is -1.29. The van der Waals surface area contributed by atoms with Gasteiger partial charge in [0.05, 0.1) is 6.61 Å². The Balaban J connectivity index is 2.62. The van der Waals surface area contributed by atoms with Crippen molar-refractivity contribution in [2.24, 2.45) is 5.92 Å². The molecule has 2 rings (SSSR count). The summed E-state index contributed by atoms with van der Waals surface area (Å²) in [5, 5.41) is 15.8. The lowest BCUT2D eigenvalue weighted by Gasteiger charge is -2.38. The largest absolute Gasteiger partial charge is 0.444 e. The van der Waals surface area contributed by atoms with E-state index in [0.717, 1.165) is 29.5 Å². The summed E-state index contributed by atoms with van der Waals surface area (Å²) in [5.41, 5.74) is 3.47. The topological polar surface area (TPSA) is 108 Å². The molecule has 3 unspecified atom stereocenters. The zero-order valence-electron chi connectivity index (χ0n) is 26.2. The number of aryl methyl sites for hydroxylation is 3. The summed E-state index contributed by atoms with van der Waals surface area (Å²) >= 11 is 0. The van der Waals surface area contributed by atoms with E-state index in [1.807, 2.05) is 63.2 Å². The van der Waals surface area contributed by atoms with Crippen LogP contribution in [0, 0.1) is 19.8 Å². The number of benzene rings is 2. The van der Waals surface area contributed by atoms with Gasteiger partial charge in [-0.1, -0.05) is 63.2 Å². The van der Waals surface area contributed by atoms with Crippen LogP contribution in [0.4, 0.5) is 10.5 Å². The molecule has 0 aliphatic heterocycles. The molecule has 0 saturated carbocycles. The molecule has 0 bridgehead atoms. The Bertz CT molecular complexity index is 1150. The predicted octanol–water partition coefficient (Wildman–Crippen LogP) is 6.08. The molecular weight excluding hydrogens is 518 g/mol. The Labute approximate surface area is 245 Å². The van der Waals surface area contributed by atoms with Crippen LogP contribution >= 0.6 is 0 Å². The molecule has 0 radical (unpaired) electrons. The molecule has 0 aliphatic rings. The van der Waals surface area contributed by atoms with Gasteiger partial charge in [0.25, 0.3) is 5.91 Å².